The number of thiophene rings is 1. The predicted molar refractivity (Wildman–Crippen MR) is 124 cm³/mol. The molecule has 0 aliphatic carbocycles. The molecular weight excluding hydrogens is 462 g/mol. The molecule has 0 radical (unpaired) electrons. The van der Waals surface area contributed by atoms with Gasteiger partial charge in [-0.3, -0.25) is 9.69 Å². The fourth-order valence-electron chi connectivity index (χ4n) is 3.61. The van der Waals surface area contributed by atoms with Crippen molar-refractivity contribution in [1.82, 2.24) is 14.9 Å². The Labute approximate surface area is 198 Å². The van der Waals surface area contributed by atoms with Gasteiger partial charge in [0.05, 0.1) is 50.8 Å². The van der Waals surface area contributed by atoms with Gasteiger partial charge in [-0.05, 0) is 36.8 Å². The molecule has 180 valence electrons. The summed E-state index contributed by atoms with van der Waals surface area (Å²) in [4.78, 5) is 34.8. The van der Waals surface area contributed by atoms with Gasteiger partial charge in [-0.25, -0.2) is 9.78 Å². The lowest BCUT2D eigenvalue weighted by molar-refractivity contribution is 0.00125. The van der Waals surface area contributed by atoms with Crippen molar-refractivity contribution in [3.8, 4) is 0 Å². The van der Waals surface area contributed by atoms with Gasteiger partial charge in [0, 0.05) is 6.54 Å². The highest BCUT2D eigenvalue weighted by molar-refractivity contribution is 7.20. The molecule has 0 saturated carbocycles. The van der Waals surface area contributed by atoms with Gasteiger partial charge in [0.15, 0.2) is 0 Å². The van der Waals surface area contributed by atoms with Crippen molar-refractivity contribution in [1.29, 1.82) is 0 Å². The average molecular weight is 488 g/mol. The van der Waals surface area contributed by atoms with E-state index in [1.807, 2.05) is 11.0 Å². The fraction of sp³-hybridized carbons (Fsp3) is 0.348. The summed E-state index contributed by atoms with van der Waals surface area (Å²) in [7, 11) is 1.30. The summed E-state index contributed by atoms with van der Waals surface area (Å²) in [6, 6.07) is 7.18. The molecule has 0 bridgehead atoms. The second-order valence-corrected chi connectivity index (χ2v) is 8.74. The van der Waals surface area contributed by atoms with Crippen LogP contribution in [0.25, 0.3) is 10.2 Å². The number of rotatable bonds is 11. The second kappa shape index (κ2) is 10.8. The number of aliphatic hydroxyl groups excluding tert-OH is 1. The van der Waals surface area contributed by atoms with E-state index in [-0.39, 0.29) is 31.9 Å². The number of methoxy groups -OCH3 is 1. The van der Waals surface area contributed by atoms with Gasteiger partial charge >= 0.3 is 5.97 Å². The van der Waals surface area contributed by atoms with Crippen molar-refractivity contribution in [2.45, 2.75) is 32.7 Å². The monoisotopic (exact) mass is 487 g/mol. The van der Waals surface area contributed by atoms with Gasteiger partial charge in [0.2, 0.25) is 0 Å². The van der Waals surface area contributed by atoms with Gasteiger partial charge in [-0.15, -0.1) is 11.3 Å². The third-order valence-electron chi connectivity index (χ3n) is 5.16. The van der Waals surface area contributed by atoms with Crippen LogP contribution in [0, 0.1) is 6.92 Å². The number of fused-ring (bicyclic) bond motifs is 1. The van der Waals surface area contributed by atoms with Crippen LogP contribution in [0.2, 0.25) is 0 Å². The Balaban J connectivity index is 1.49. The number of aliphatic hydroxyl groups is 1. The molecule has 0 aliphatic heterocycles. The van der Waals surface area contributed by atoms with Crippen LogP contribution >= 0.6 is 11.3 Å². The van der Waals surface area contributed by atoms with Crippen LogP contribution < -0.4 is 5.56 Å². The van der Waals surface area contributed by atoms with Crippen LogP contribution in [0.1, 0.15) is 32.6 Å². The zero-order chi connectivity index (χ0) is 24.1. The topological polar surface area (TPSA) is 131 Å². The average Bonchev–Trinajstić information content (AvgIpc) is 3.56. The third kappa shape index (κ3) is 5.62. The number of esters is 1. The molecule has 4 aromatic heterocycles. The van der Waals surface area contributed by atoms with E-state index in [2.05, 4.69) is 9.97 Å². The molecule has 0 fully saturated rings. The molecule has 0 aromatic carbocycles. The summed E-state index contributed by atoms with van der Waals surface area (Å²) >= 11 is 1.12. The van der Waals surface area contributed by atoms with Gasteiger partial charge in [0.25, 0.3) is 5.56 Å². The quantitative estimate of drug-likeness (QED) is 0.307. The summed E-state index contributed by atoms with van der Waals surface area (Å²) in [6.45, 7) is 2.94. The van der Waals surface area contributed by atoms with Crippen molar-refractivity contribution in [3.05, 3.63) is 74.9 Å². The van der Waals surface area contributed by atoms with Gasteiger partial charge in [-0.1, -0.05) is 0 Å². The van der Waals surface area contributed by atoms with Crippen molar-refractivity contribution < 1.29 is 28.2 Å². The van der Waals surface area contributed by atoms with Crippen molar-refractivity contribution in [2.75, 3.05) is 20.3 Å². The minimum absolute atomic E-state index is 0.102. The number of carbonyl (C=O) groups is 1. The van der Waals surface area contributed by atoms with Gasteiger partial charge < -0.3 is 28.4 Å². The molecule has 0 saturated heterocycles. The number of nitrogens with one attached hydrogen (secondary N) is 1. The maximum Gasteiger partial charge on any atom is 0.348 e. The maximum atomic E-state index is 12.8. The highest BCUT2D eigenvalue weighted by Gasteiger charge is 2.21. The zero-order valence-corrected chi connectivity index (χ0v) is 19.6. The van der Waals surface area contributed by atoms with Crippen molar-refractivity contribution >= 4 is 27.5 Å². The van der Waals surface area contributed by atoms with Crippen LogP contribution in [0.15, 0.2) is 50.4 Å². The highest BCUT2D eigenvalue weighted by atomic mass is 32.1. The first kappa shape index (κ1) is 23.9. The molecule has 4 rings (SSSR count). The Hall–Kier alpha value is -3.25. The third-order valence-corrected chi connectivity index (χ3v) is 6.32. The van der Waals surface area contributed by atoms with E-state index in [1.54, 1.807) is 37.6 Å². The van der Waals surface area contributed by atoms with E-state index in [0.717, 1.165) is 11.3 Å². The van der Waals surface area contributed by atoms with Crippen LogP contribution in [0.4, 0.5) is 0 Å². The number of H-pyrrole nitrogens is 1. The Morgan fingerprint density at radius 1 is 1.24 bits per heavy atom. The Bertz CT molecular complexity index is 1280. The molecule has 0 amide bonds. The molecular formula is C23H25N3O7S. The van der Waals surface area contributed by atoms with Crippen LogP contribution in [0.3, 0.4) is 0 Å². The first-order valence-electron chi connectivity index (χ1n) is 10.6. The first-order chi connectivity index (χ1) is 16.4. The SMILES string of the molecule is COC(=O)c1sc2nc(CN(Cc3ccco3)C[C@@H](O)COCc3ccco3)[nH]c(=O)c2c1C. The molecule has 1 atom stereocenters. The Kier molecular flexibility index (Phi) is 7.58. The molecule has 4 aromatic rings. The maximum absolute atomic E-state index is 12.8. The Morgan fingerprint density at radius 3 is 2.65 bits per heavy atom. The summed E-state index contributed by atoms with van der Waals surface area (Å²) in [5.74, 6) is 1.28. The molecule has 4 heterocycles. The van der Waals surface area contributed by atoms with E-state index < -0.39 is 12.1 Å². The number of hydrogen-bond donors (Lipinski definition) is 2. The minimum Gasteiger partial charge on any atom is -0.468 e. The second-order valence-electron chi connectivity index (χ2n) is 7.74. The molecule has 2 N–H and O–H groups in total. The van der Waals surface area contributed by atoms with Crippen LogP contribution in [-0.2, 0) is 29.2 Å². The smallest absolute Gasteiger partial charge is 0.348 e. The summed E-state index contributed by atoms with van der Waals surface area (Å²) < 4.78 is 21.0. The molecule has 34 heavy (non-hydrogen) atoms. The Morgan fingerprint density at radius 2 is 1.97 bits per heavy atom. The summed E-state index contributed by atoms with van der Waals surface area (Å²) in [6.07, 6.45) is 2.34. The van der Waals surface area contributed by atoms with E-state index in [0.29, 0.717) is 44.5 Å². The lowest BCUT2D eigenvalue weighted by atomic mass is 10.2. The number of aromatic nitrogens is 2. The van der Waals surface area contributed by atoms with E-state index in [4.69, 9.17) is 18.3 Å². The normalized spacial score (nSPS) is 12.5. The lowest BCUT2D eigenvalue weighted by Crippen LogP contribution is -2.35. The van der Waals surface area contributed by atoms with E-state index in [1.165, 1.54) is 7.11 Å². The van der Waals surface area contributed by atoms with Gasteiger partial charge in [-0.2, -0.15) is 0 Å². The number of ether oxygens (including phenoxy) is 2. The molecule has 0 spiro atoms. The molecule has 0 aliphatic rings. The van der Waals surface area contributed by atoms with Crippen LogP contribution in [-0.4, -0.2) is 52.3 Å². The van der Waals surface area contributed by atoms with E-state index >= 15 is 0 Å². The number of hydrogen-bond acceptors (Lipinski definition) is 10. The van der Waals surface area contributed by atoms with Gasteiger partial charge in [0.1, 0.15) is 33.7 Å². The van der Waals surface area contributed by atoms with Crippen LogP contribution in [0.5, 0.6) is 0 Å². The molecule has 11 heteroatoms. The summed E-state index contributed by atoms with van der Waals surface area (Å²) in [5.41, 5.74) is 0.216. The zero-order valence-electron chi connectivity index (χ0n) is 18.8. The number of aryl methyl sites for hydroxylation is 1. The lowest BCUT2D eigenvalue weighted by Gasteiger charge is -2.23. The molecule has 10 nitrogen and oxygen atoms in total. The predicted octanol–water partition coefficient (Wildman–Crippen LogP) is 2.85. The number of nitrogens with zero attached hydrogens (tertiary/aromatic N) is 2. The standard InChI is InChI=1S/C23H25N3O7S/c1-14-19-21(28)24-18(25-22(19)34-20(14)23(29)30-2)11-26(10-16-5-3-7-32-16)9-15(27)12-31-13-17-6-4-8-33-17/h3-8,15,27H,9-13H2,1-2H3,(H,24,25,28)/t15-/m1/s1. The minimum atomic E-state index is -0.796. The largest absolute Gasteiger partial charge is 0.468 e. The fourth-order valence-corrected chi connectivity index (χ4v) is 4.73. The van der Waals surface area contributed by atoms with E-state index in [9.17, 15) is 14.7 Å². The first-order valence-corrected chi connectivity index (χ1v) is 11.4. The van der Waals surface area contributed by atoms with Crippen molar-refractivity contribution in [2.24, 2.45) is 0 Å². The number of aromatic amines is 1. The number of furan rings is 2. The molecule has 0 unspecified atom stereocenters. The highest BCUT2D eigenvalue weighted by Crippen LogP contribution is 2.27. The number of carbonyl (C=O) groups excluding carboxylic acids is 1. The van der Waals surface area contributed by atoms with Crippen molar-refractivity contribution in [3.63, 3.8) is 0 Å². The summed E-state index contributed by atoms with van der Waals surface area (Å²) in [5, 5.41) is 10.9.